The summed E-state index contributed by atoms with van der Waals surface area (Å²) in [4.78, 5) is 14.2. The first kappa shape index (κ1) is 19.4. The summed E-state index contributed by atoms with van der Waals surface area (Å²) in [6, 6.07) is 12.6. The van der Waals surface area contributed by atoms with Gasteiger partial charge in [-0.05, 0) is 56.6 Å². The fourth-order valence-corrected chi connectivity index (χ4v) is 3.22. The number of likely N-dealkylation sites (N-methyl/N-ethyl adjacent to an activating group) is 1. The Morgan fingerprint density at radius 2 is 1.80 bits per heavy atom. The molecule has 0 radical (unpaired) electrons. The van der Waals surface area contributed by atoms with Crippen molar-refractivity contribution in [2.45, 2.75) is 4.90 Å². The second-order valence-corrected chi connectivity index (χ2v) is 7.89. The maximum atomic E-state index is 12.3. The first-order valence-corrected chi connectivity index (χ1v) is 9.45. The van der Waals surface area contributed by atoms with Gasteiger partial charge in [0.25, 0.3) is 5.91 Å². The highest BCUT2D eigenvalue weighted by Crippen LogP contribution is 2.16. The number of nitrogens with zero attached hydrogens (tertiary/aromatic N) is 1. The van der Waals surface area contributed by atoms with Crippen molar-refractivity contribution in [1.29, 1.82) is 0 Å². The molecule has 0 unspecified atom stereocenters. The summed E-state index contributed by atoms with van der Waals surface area (Å²) in [7, 11) is 0.0498. The van der Waals surface area contributed by atoms with Gasteiger partial charge in [0.2, 0.25) is 10.0 Å². The summed E-state index contributed by atoms with van der Waals surface area (Å²) in [6.45, 7) is 0.868. The van der Waals surface area contributed by atoms with Crippen LogP contribution in [0, 0.1) is 0 Å². The fraction of sp³-hybridized carbons (Fsp3) is 0.235. The molecule has 0 aliphatic rings. The lowest BCUT2D eigenvalue weighted by Crippen LogP contribution is -2.31. The van der Waals surface area contributed by atoms with Gasteiger partial charge in [0.05, 0.1) is 4.90 Å². The number of hydrogen-bond donors (Lipinski definition) is 2. The average Bonchev–Trinajstić information content (AvgIpc) is 2.56. The first-order chi connectivity index (χ1) is 11.8. The fourth-order valence-electron chi connectivity index (χ4n) is 2.03. The molecule has 134 valence electrons. The maximum Gasteiger partial charge on any atom is 0.255 e. The second-order valence-electron chi connectivity index (χ2n) is 5.69. The Hall–Kier alpha value is -1.93. The van der Waals surface area contributed by atoms with E-state index < -0.39 is 15.9 Å². The zero-order valence-corrected chi connectivity index (χ0v) is 15.6. The van der Waals surface area contributed by atoms with Gasteiger partial charge in [0, 0.05) is 29.4 Å². The van der Waals surface area contributed by atoms with Crippen LogP contribution in [0.4, 0.5) is 5.69 Å². The number of benzene rings is 2. The van der Waals surface area contributed by atoms with Gasteiger partial charge < -0.3 is 10.2 Å². The van der Waals surface area contributed by atoms with Crippen LogP contribution in [0.3, 0.4) is 0 Å². The lowest BCUT2D eigenvalue weighted by molar-refractivity contribution is 0.102. The number of nitrogens with one attached hydrogen (secondary N) is 2. The average molecular weight is 382 g/mol. The molecular formula is C17H20ClN3O3S. The molecule has 0 aromatic heterocycles. The number of anilines is 1. The van der Waals surface area contributed by atoms with Crippen LogP contribution in [-0.4, -0.2) is 46.4 Å². The van der Waals surface area contributed by atoms with Gasteiger partial charge in [0.1, 0.15) is 0 Å². The van der Waals surface area contributed by atoms with Crippen LogP contribution in [0.2, 0.25) is 5.02 Å². The minimum Gasteiger partial charge on any atom is -0.322 e. The molecule has 0 bridgehead atoms. The van der Waals surface area contributed by atoms with Crippen molar-refractivity contribution in [2.75, 3.05) is 32.5 Å². The largest absolute Gasteiger partial charge is 0.322 e. The second kappa shape index (κ2) is 8.44. The Morgan fingerprint density at radius 1 is 1.12 bits per heavy atom. The lowest BCUT2D eigenvalue weighted by atomic mass is 10.2. The monoisotopic (exact) mass is 381 g/mol. The third-order valence-corrected chi connectivity index (χ3v) is 5.07. The predicted molar refractivity (Wildman–Crippen MR) is 99.6 cm³/mol. The van der Waals surface area contributed by atoms with E-state index in [1.807, 2.05) is 19.0 Å². The SMILES string of the molecule is CN(C)CCNS(=O)(=O)c1cccc(C(=O)Nc2ccc(Cl)cc2)c1. The van der Waals surface area contributed by atoms with Gasteiger partial charge in [0.15, 0.2) is 0 Å². The van der Waals surface area contributed by atoms with E-state index in [0.29, 0.717) is 17.3 Å². The van der Waals surface area contributed by atoms with Gasteiger partial charge in [-0.2, -0.15) is 0 Å². The van der Waals surface area contributed by atoms with Crippen LogP contribution in [0.5, 0.6) is 0 Å². The summed E-state index contributed by atoms with van der Waals surface area (Å²) in [6.07, 6.45) is 0. The van der Waals surface area contributed by atoms with Crippen LogP contribution in [0.1, 0.15) is 10.4 Å². The molecule has 6 nitrogen and oxygen atoms in total. The van der Waals surface area contributed by atoms with E-state index in [2.05, 4.69) is 10.0 Å². The number of halogens is 1. The number of rotatable bonds is 7. The minimum absolute atomic E-state index is 0.0509. The molecular weight excluding hydrogens is 362 g/mol. The molecule has 2 N–H and O–H groups in total. The Labute approximate surface area is 152 Å². The van der Waals surface area contributed by atoms with Gasteiger partial charge in [-0.3, -0.25) is 4.79 Å². The molecule has 2 aromatic rings. The van der Waals surface area contributed by atoms with Gasteiger partial charge >= 0.3 is 0 Å². The van der Waals surface area contributed by atoms with Gasteiger partial charge in [-0.25, -0.2) is 13.1 Å². The number of amides is 1. The summed E-state index contributed by atoms with van der Waals surface area (Å²) in [5, 5.41) is 3.27. The normalized spacial score (nSPS) is 11.5. The van der Waals surface area contributed by atoms with Crippen LogP contribution in [-0.2, 0) is 10.0 Å². The molecule has 0 fully saturated rings. The zero-order valence-electron chi connectivity index (χ0n) is 14.0. The van der Waals surface area contributed by atoms with Crippen LogP contribution < -0.4 is 10.0 Å². The number of carbonyl (C=O) groups is 1. The molecule has 2 aromatic carbocycles. The number of sulfonamides is 1. The molecule has 25 heavy (non-hydrogen) atoms. The van der Waals surface area contributed by atoms with Gasteiger partial charge in [-0.1, -0.05) is 17.7 Å². The summed E-state index contributed by atoms with van der Waals surface area (Å²) in [5.41, 5.74) is 0.831. The van der Waals surface area contributed by atoms with Gasteiger partial charge in [-0.15, -0.1) is 0 Å². The molecule has 8 heteroatoms. The van der Waals surface area contributed by atoms with E-state index in [1.165, 1.54) is 18.2 Å². The van der Waals surface area contributed by atoms with Crippen LogP contribution in [0.25, 0.3) is 0 Å². The molecule has 2 rings (SSSR count). The molecule has 0 aliphatic heterocycles. The molecule has 0 saturated carbocycles. The quantitative estimate of drug-likeness (QED) is 0.772. The highest BCUT2D eigenvalue weighted by Gasteiger charge is 2.16. The minimum atomic E-state index is -3.66. The molecule has 0 heterocycles. The first-order valence-electron chi connectivity index (χ1n) is 7.59. The molecule has 1 amide bonds. The van der Waals surface area contributed by atoms with Crippen molar-refractivity contribution in [1.82, 2.24) is 9.62 Å². The molecule has 0 aliphatic carbocycles. The van der Waals surface area contributed by atoms with E-state index in [1.54, 1.807) is 30.3 Å². The molecule has 0 atom stereocenters. The number of carbonyl (C=O) groups excluding carboxylic acids is 1. The highest BCUT2D eigenvalue weighted by molar-refractivity contribution is 7.89. The van der Waals surface area contributed by atoms with Crippen molar-refractivity contribution in [3.8, 4) is 0 Å². The third kappa shape index (κ3) is 5.82. The van der Waals surface area contributed by atoms with Crippen LogP contribution >= 0.6 is 11.6 Å². The Kier molecular flexibility index (Phi) is 6.55. The molecule has 0 saturated heterocycles. The summed E-state index contributed by atoms with van der Waals surface area (Å²) < 4.78 is 27.1. The lowest BCUT2D eigenvalue weighted by Gasteiger charge is -2.11. The van der Waals surface area contributed by atoms with Crippen molar-refractivity contribution in [2.24, 2.45) is 0 Å². The smallest absolute Gasteiger partial charge is 0.255 e. The Morgan fingerprint density at radius 3 is 2.44 bits per heavy atom. The Balaban J connectivity index is 2.11. The Bertz CT molecular complexity index is 836. The summed E-state index contributed by atoms with van der Waals surface area (Å²) in [5.74, 6) is -0.396. The van der Waals surface area contributed by atoms with Crippen molar-refractivity contribution in [3.05, 3.63) is 59.1 Å². The van der Waals surface area contributed by atoms with Crippen LogP contribution in [0.15, 0.2) is 53.4 Å². The zero-order chi connectivity index (χ0) is 18.4. The van der Waals surface area contributed by atoms with E-state index in [-0.39, 0.29) is 17.0 Å². The van der Waals surface area contributed by atoms with Crippen molar-refractivity contribution < 1.29 is 13.2 Å². The molecule has 0 spiro atoms. The standard InChI is InChI=1S/C17H20ClN3O3S/c1-21(2)11-10-19-25(23,24)16-5-3-4-13(12-16)17(22)20-15-8-6-14(18)7-9-15/h3-9,12,19H,10-11H2,1-2H3,(H,20,22). The van der Waals surface area contributed by atoms with E-state index in [4.69, 9.17) is 11.6 Å². The van der Waals surface area contributed by atoms with E-state index in [9.17, 15) is 13.2 Å². The van der Waals surface area contributed by atoms with Crippen molar-refractivity contribution in [3.63, 3.8) is 0 Å². The van der Waals surface area contributed by atoms with E-state index in [0.717, 1.165) is 0 Å². The topological polar surface area (TPSA) is 78.5 Å². The maximum absolute atomic E-state index is 12.3. The van der Waals surface area contributed by atoms with E-state index >= 15 is 0 Å². The predicted octanol–water partition coefficient (Wildman–Crippen LogP) is 2.43. The number of hydrogen-bond acceptors (Lipinski definition) is 4. The summed E-state index contributed by atoms with van der Waals surface area (Å²) >= 11 is 5.81. The van der Waals surface area contributed by atoms with Crippen molar-refractivity contribution >= 4 is 33.2 Å². The highest BCUT2D eigenvalue weighted by atomic mass is 35.5. The third-order valence-electron chi connectivity index (χ3n) is 3.36.